The van der Waals surface area contributed by atoms with Gasteiger partial charge in [-0.15, -0.1) is 11.3 Å². The van der Waals surface area contributed by atoms with E-state index in [-0.39, 0.29) is 17.8 Å². The Labute approximate surface area is 178 Å². The summed E-state index contributed by atoms with van der Waals surface area (Å²) in [6, 6.07) is 17.5. The Morgan fingerprint density at radius 1 is 1.20 bits per heavy atom. The second-order valence-corrected chi connectivity index (χ2v) is 7.94. The summed E-state index contributed by atoms with van der Waals surface area (Å²) in [5.41, 5.74) is 2.66. The fraction of sp³-hybridized carbons (Fsp3) is 0.217. The van der Waals surface area contributed by atoms with Gasteiger partial charge in [0.15, 0.2) is 6.10 Å². The summed E-state index contributed by atoms with van der Waals surface area (Å²) in [6.07, 6.45) is 0.357. The van der Waals surface area contributed by atoms with Crippen molar-refractivity contribution in [3.63, 3.8) is 0 Å². The molecule has 0 N–H and O–H groups in total. The Bertz CT molecular complexity index is 1020. The van der Waals surface area contributed by atoms with Crippen molar-refractivity contribution < 1.29 is 18.8 Å². The maximum Gasteiger partial charge on any atom is 0.264 e. The monoisotopic (exact) mass is 424 g/mol. The Balaban J connectivity index is 1.46. The smallest absolute Gasteiger partial charge is 0.264 e. The second kappa shape index (κ2) is 9.09. The maximum absolute atomic E-state index is 13.3. The molecular formula is C23H21FN2O3S. The lowest BCUT2D eigenvalue weighted by molar-refractivity contribution is 0.0408. The van der Waals surface area contributed by atoms with Crippen LogP contribution in [0.15, 0.2) is 71.2 Å². The van der Waals surface area contributed by atoms with Crippen LogP contribution in [0.4, 0.5) is 4.39 Å². The van der Waals surface area contributed by atoms with E-state index in [1.54, 1.807) is 30.2 Å². The Morgan fingerprint density at radius 2 is 1.97 bits per heavy atom. The number of hydrogen-bond donors (Lipinski definition) is 0. The number of nitrogens with zero attached hydrogens (tertiary/aromatic N) is 2. The second-order valence-electron chi connectivity index (χ2n) is 6.99. The Kier molecular flexibility index (Phi) is 6.09. The zero-order chi connectivity index (χ0) is 20.9. The van der Waals surface area contributed by atoms with E-state index in [1.807, 2.05) is 35.7 Å². The molecule has 0 saturated carbocycles. The molecule has 2 aromatic carbocycles. The standard InChI is InChI=1S/C23H21FN2O3S/c1-28-19-10-6-17(7-11-19)21-13-20(29-25-21)15-26(23(27)22-3-2-12-30-22)14-16-4-8-18(24)9-5-16/h2-12,20H,13-15H2,1H3. The number of thiophene rings is 1. The van der Waals surface area contributed by atoms with Crippen molar-refractivity contribution in [2.75, 3.05) is 13.7 Å². The Hall–Kier alpha value is -3.19. The van der Waals surface area contributed by atoms with Crippen molar-refractivity contribution in [3.8, 4) is 5.75 Å². The third kappa shape index (κ3) is 4.68. The first-order valence-corrected chi connectivity index (χ1v) is 10.4. The van der Waals surface area contributed by atoms with Gasteiger partial charge in [-0.25, -0.2) is 4.39 Å². The van der Waals surface area contributed by atoms with E-state index in [9.17, 15) is 9.18 Å². The number of rotatable bonds is 7. The predicted octanol–water partition coefficient (Wildman–Crippen LogP) is 4.73. The third-order valence-electron chi connectivity index (χ3n) is 4.89. The predicted molar refractivity (Wildman–Crippen MR) is 114 cm³/mol. The van der Waals surface area contributed by atoms with E-state index in [0.29, 0.717) is 24.4 Å². The van der Waals surface area contributed by atoms with Crippen molar-refractivity contribution in [3.05, 3.63) is 87.9 Å². The summed E-state index contributed by atoms with van der Waals surface area (Å²) in [5, 5.41) is 6.10. The first-order chi connectivity index (χ1) is 14.6. The number of amides is 1. The number of oxime groups is 1. The summed E-state index contributed by atoms with van der Waals surface area (Å²) in [4.78, 5) is 21.1. The number of halogens is 1. The highest BCUT2D eigenvalue weighted by atomic mass is 32.1. The van der Waals surface area contributed by atoms with Crippen LogP contribution in [0.25, 0.3) is 0 Å². The van der Waals surface area contributed by atoms with Crippen LogP contribution < -0.4 is 4.74 Å². The number of hydrogen-bond acceptors (Lipinski definition) is 5. The van der Waals surface area contributed by atoms with Crippen LogP contribution in [0, 0.1) is 5.82 Å². The number of methoxy groups -OCH3 is 1. The van der Waals surface area contributed by atoms with Gasteiger partial charge in [-0.1, -0.05) is 23.4 Å². The van der Waals surface area contributed by atoms with E-state index in [1.165, 1.54) is 23.5 Å². The van der Waals surface area contributed by atoms with Crippen molar-refractivity contribution in [2.24, 2.45) is 5.16 Å². The first kappa shape index (κ1) is 20.1. The minimum atomic E-state index is -0.299. The lowest BCUT2D eigenvalue weighted by Crippen LogP contribution is -2.37. The zero-order valence-electron chi connectivity index (χ0n) is 16.5. The molecule has 4 rings (SSSR count). The van der Waals surface area contributed by atoms with Crippen LogP contribution in [0.2, 0.25) is 0 Å². The molecule has 154 valence electrons. The summed E-state index contributed by atoms with van der Waals surface area (Å²) in [7, 11) is 1.63. The molecule has 1 aliphatic heterocycles. The molecule has 30 heavy (non-hydrogen) atoms. The highest BCUT2D eigenvalue weighted by Crippen LogP contribution is 2.22. The quantitative estimate of drug-likeness (QED) is 0.551. The number of carbonyl (C=O) groups excluding carboxylic acids is 1. The molecule has 0 bridgehead atoms. The van der Waals surface area contributed by atoms with Gasteiger partial charge in [0, 0.05) is 13.0 Å². The maximum atomic E-state index is 13.3. The van der Waals surface area contributed by atoms with E-state index >= 15 is 0 Å². The van der Waals surface area contributed by atoms with Crippen molar-refractivity contribution >= 4 is 23.0 Å². The van der Waals surface area contributed by atoms with E-state index in [2.05, 4.69) is 5.16 Å². The minimum absolute atomic E-state index is 0.0733. The van der Waals surface area contributed by atoms with Gasteiger partial charge < -0.3 is 14.5 Å². The topological polar surface area (TPSA) is 51.1 Å². The molecule has 0 radical (unpaired) electrons. The van der Waals surface area contributed by atoms with Crippen molar-refractivity contribution in [2.45, 2.75) is 19.1 Å². The average Bonchev–Trinajstić information content (AvgIpc) is 3.47. The lowest BCUT2D eigenvalue weighted by atomic mass is 10.0. The molecule has 0 aliphatic carbocycles. The van der Waals surface area contributed by atoms with Gasteiger partial charge in [0.25, 0.3) is 5.91 Å². The molecule has 0 spiro atoms. The SMILES string of the molecule is COc1ccc(C2=NOC(CN(Cc3ccc(F)cc3)C(=O)c3cccs3)C2)cc1. The minimum Gasteiger partial charge on any atom is -0.497 e. The van der Waals surface area contributed by atoms with E-state index in [4.69, 9.17) is 9.57 Å². The highest BCUT2D eigenvalue weighted by Gasteiger charge is 2.27. The average molecular weight is 424 g/mol. The molecule has 5 nitrogen and oxygen atoms in total. The van der Waals surface area contributed by atoms with E-state index in [0.717, 1.165) is 22.6 Å². The van der Waals surface area contributed by atoms with Gasteiger partial charge in [0.2, 0.25) is 0 Å². The molecule has 0 saturated heterocycles. The summed E-state index contributed by atoms with van der Waals surface area (Å²) in [5.74, 6) is 0.407. The number of carbonyl (C=O) groups is 1. The van der Waals surface area contributed by atoms with Crippen LogP contribution >= 0.6 is 11.3 Å². The molecule has 3 aromatic rings. The van der Waals surface area contributed by atoms with Gasteiger partial charge in [-0.3, -0.25) is 4.79 Å². The molecule has 0 fully saturated rings. The molecule has 1 amide bonds. The van der Waals surface area contributed by atoms with Crippen LogP contribution in [0.1, 0.15) is 27.2 Å². The van der Waals surface area contributed by atoms with Crippen molar-refractivity contribution in [1.82, 2.24) is 4.90 Å². The van der Waals surface area contributed by atoms with Gasteiger partial charge in [-0.05, 0) is 59.0 Å². The van der Waals surface area contributed by atoms with Gasteiger partial charge >= 0.3 is 0 Å². The molecular weight excluding hydrogens is 403 g/mol. The van der Waals surface area contributed by atoms with Gasteiger partial charge in [0.1, 0.15) is 11.6 Å². The summed E-state index contributed by atoms with van der Waals surface area (Å²) in [6.45, 7) is 0.756. The molecule has 7 heteroatoms. The molecule has 2 heterocycles. The fourth-order valence-electron chi connectivity index (χ4n) is 3.31. The zero-order valence-corrected chi connectivity index (χ0v) is 17.3. The normalized spacial score (nSPS) is 15.4. The molecule has 1 aliphatic rings. The fourth-order valence-corrected chi connectivity index (χ4v) is 4.00. The molecule has 1 atom stereocenters. The Morgan fingerprint density at radius 3 is 2.63 bits per heavy atom. The number of benzene rings is 2. The van der Waals surface area contributed by atoms with Crippen molar-refractivity contribution in [1.29, 1.82) is 0 Å². The van der Waals surface area contributed by atoms with Crippen LogP contribution in [-0.2, 0) is 11.4 Å². The van der Waals surface area contributed by atoms with Crippen LogP contribution in [0.3, 0.4) is 0 Å². The molecule has 1 aromatic heterocycles. The lowest BCUT2D eigenvalue weighted by Gasteiger charge is -2.24. The number of ether oxygens (including phenoxy) is 1. The first-order valence-electron chi connectivity index (χ1n) is 9.56. The van der Waals surface area contributed by atoms with E-state index < -0.39 is 0 Å². The summed E-state index contributed by atoms with van der Waals surface area (Å²) >= 11 is 1.40. The van der Waals surface area contributed by atoms with Crippen LogP contribution in [-0.4, -0.2) is 36.3 Å². The summed E-state index contributed by atoms with van der Waals surface area (Å²) < 4.78 is 18.5. The van der Waals surface area contributed by atoms with Gasteiger partial charge in [0.05, 0.1) is 24.2 Å². The molecule has 1 unspecified atom stereocenters. The van der Waals surface area contributed by atoms with Gasteiger partial charge in [-0.2, -0.15) is 0 Å². The largest absolute Gasteiger partial charge is 0.497 e. The highest BCUT2D eigenvalue weighted by molar-refractivity contribution is 7.12. The van der Waals surface area contributed by atoms with Crippen LogP contribution in [0.5, 0.6) is 5.75 Å². The third-order valence-corrected chi connectivity index (χ3v) is 5.74.